The maximum atomic E-state index is 12.1. The highest BCUT2D eigenvalue weighted by Gasteiger charge is 2.08. The van der Waals surface area contributed by atoms with Crippen molar-refractivity contribution in [2.45, 2.75) is 6.54 Å². The number of ether oxygens (including phenoxy) is 2. The molecule has 2 amide bonds. The van der Waals surface area contributed by atoms with Crippen LogP contribution < -0.4 is 20.1 Å². The largest absolute Gasteiger partial charge is 0.497 e. The number of benzene rings is 2. The topological polar surface area (TPSA) is 72.5 Å². The summed E-state index contributed by atoms with van der Waals surface area (Å²) in [5.74, 6) is 1.55. The third-order valence-corrected chi connectivity index (χ3v) is 4.46. The van der Waals surface area contributed by atoms with Gasteiger partial charge in [0.05, 0.1) is 19.9 Å². The molecule has 3 aromatic rings. The molecule has 0 aliphatic carbocycles. The number of thiazole rings is 1. The van der Waals surface area contributed by atoms with Crippen molar-refractivity contribution in [3.63, 3.8) is 0 Å². The summed E-state index contributed by atoms with van der Waals surface area (Å²) in [6, 6.07) is 14.9. The first-order valence-corrected chi connectivity index (χ1v) is 8.83. The molecule has 2 aromatic carbocycles. The summed E-state index contributed by atoms with van der Waals surface area (Å²) in [7, 11) is 3.24. The Kier molecular flexibility index (Phi) is 5.70. The number of hydrogen-bond acceptors (Lipinski definition) is 5. The first-order valence-electron chi connectivity index (χ1n) is 7.95. The van der Waals surface area contributed by atoms with Gasteiger partial charge in [0.1, 0.15) is 11.5 Å². The van der Waals surface area contributed by atoms with Crippen LogP contribution in [0.15, 0.2) is 53.9 Å². The fraction of sp³-hybridized carbons (Fsp3) is 0.158. The van der Waals surface area contributed by atoms with Gasteiger partial charge in [-0.05, 0) is 29.8 Å². The molecule has 7 heteroatoms. The zero-order chi connectivity index (χ0) is 18.4. The third-order valence-electron chi connectivity index (χ3n) is 3.70. The van der Waals surface area contributed by atoms with Crippen molar-refractivity contribution in [3.8, 4) is 22.8 Å². The standard InChI is InChI=1S/C19H19N3O3S/c1-24-15-8-6-13(7-9-15)11-20-18(23)22-19-21-17(12-26-19)14-4-3-5-16(10-14)25-2/h3-10,12H,11H2,1-2H3,(H2,20,21,22,23). The molecule has 1 aromatic heterocycles. The summed E-state index contributed by atoms with van der Waals surface area (Å²) < 4.78 is 10.3. The predicted molar refractivity (Wildman–Crippen MR) is 103 cm³/mol. The average molecular weight is 369 g/mol. The monoisotopic (exact) mass is 369 g/mol. The normalized spacial score (nSPS) is 10.2. The van der Waals surface area contributed by atoms with Crippen LogP contribution in [0.5, 0.6) is 11.5 Å². The van der Waals surface area contributed by atoms with Crippen molar-refractivity contribution >= 4 is 22.5 Å². The van der Waals surface area contributed by atoms with Gasteiger partial charge in [-0.25, -0.2) is 9.78 Å². The first-order chi connectivity index (χ1) is 12.7. The molecule has 0 spiro atoms. The zero-order valence-electron chi connectivity index (χ0n) is 14.5. The Morgan fingerprint density at radius 1 is 1.08 bits per heavy atom. The number of hydrogen-bond donors (Lipinski definition) is 2. The molecule has 0 radical (unpaired) electrons. The number of carbonyl (C=O) groups excluding carboxylic acids is 1. The van der Waals surface area contributed by atoms with E-state index in [0.717, 1.165) is 28.3 Å². The second-order valence-electron chi connectivity index (χ2n) is 5.43. The molecule has 0 bridgehead atoms. The zero-order valence-corrected chi connectivity index (χ0v) is 15.3. The van der Waals surface area contributed by atoms with Crippen molar-refractivity contribution in [2.24, 2.45) is 0 Å². The Labute approximate surface area is 155 Å². The smallest absolute Gasteiger partial charge is 0.321 e. The fourth-order valence-electron chi connectivity index (χ4n) is 2.31. The molecule has 0 saturated heterocycles. The predicted octanol–water partition coefficient (Wildman–Crippen LogP) is 4.15. The maximum absolute atomic E-state index is 12.1. The number of aromatic nitrogens is 1. The molecular weight excluding hydrogens is 350 g/mol. The summed E-state index contributed by atoms with van der Waals surface area (Å²) in [5.41, 5.74) is 2.71. The molecule has 0 fully saturated rings. The van der Waals surface area contributed by atoms with Crippen LogP contribution in [0, 0.1) is 0 Å². The Hall–Kier alpha value is -3.06. The van der Waals surface area contributed by atoms with Crippen LogP contribution in [0.25, 0.3) is 11.3 Å². The van der Waals surface area contributed by atoms with E-state index in [4.69, 9.17) is 9.47 Å². The number of amides is 2. The first kappa shape index (κ1) is 17.8. The van der Waals surface area contributed by atoms with Crippen LogP contribution in [0.4, 0.5) is 9.93 Å². The maximum Gasteiger partial charge on any atom is 0.321 e. The summed E-state index contributed by atoms with van der Waals surface area (Å²) >= 11 is 1.37. The highest BCUT2D eigenvalue weighted by Crippen LogP contribution is 2.27. The number of nitrogens with zero attached hydrogens (tertiary/aromatic N) is 1. The molecule has 6 nitrogen and oxygen atoms in total. The SMILES string of the molecule is COc1ccc(CNC(=O)Nc2nc(-c3cccc(OC)c3)cs2)cc1. The van der Waals surface area contributed by atoms with Crippen molar-refractivity contribution < 1.29 is 14.3 Å². The Morgan fingerprint density at radius 2 is 1.85 bits per heavy atom. The number of anilines is 1. The van der Waals surface area contributed by atoms with Gasteiger partial charge in [-0.2, -0.15) is 0 Å². The molecule has 0 aliphatic heterocycles. The lowest BCUT2D eigenvalue weighted by molar-refractivity contribution is 0.251. The number of nitrogens with one attached hydrogen (secondary N) is 2. The van der Waals surface area contributed by atoms with E-state index in [2.05, 4.69) is 15.6 Å². The van der Waals surface area contributed by atoms with E-state index < -0.39 is 0 Å². The van der Waals surface area contributed by atoms with Crippen molar-refractivity contribution in [3.05, 3.63) is 59.5 Å². The second-order valence-corrected chi connectivity index (χ2v) is 6.28. The summed E-state index contributed by atoms with van der Waals surface area (Å²) in [6.45, 7) is 0.421. The molecule has 26 heavy (non-hydrogen) atoms. The van der Waals surface area contributed by atoms with E-state index in [9.17, 15) is 4.79 Å². The lowest BCUT2D eigenvalue weighted by Gasteiger charge is -2.06. The summed E-state index contributed by atoms with van der Waals surface area (Å²) in [5, 5.41) is 8.00. The van der Waals surface area contributed by atoms with Crippen LogP contribution in [0.1, 0.15) is 5.56 Å². The van der Waals surface area contributed by atoms with Crippen molar-refractivity contribution in [2.75, 3.05) is 19.5 Å². The van der Waals surface area contributed by atoms with Crippen molar-refractivity contribution in [1.82, 2.24) is 10.3 Å². The molecule has 0 saturated carbocycles. The third kappa shape index (κ3) is 4.52. The van der Waals surface area contributed by atoms with Gasteiger partial charge in [0, 0.05) is 17.5 Å². The molecule has 0 unspecified atom stereocenters. The average Bonchev–Trinajstić information content (AvgIpc) is 3.15. The van der Waals surface area contributed by atoms with Gasteiger partial charge in [-0.3, -0.25) is 5.32 Å². The van der Waals surface area contributed by atoms with E-state index >= 15 is 0 Å². The van der Waals surface area contributed by atoms with Gasteiger partial charge < -0.3 is 14.8 Å². The highest BCUT2D eigenvalue weighted by atomic mass is 32.1. The van der Waals surface area contributed by atoms with Crippen LogP contribution in [-0.2, 0) is 6.54 Å². The van der Waals surface area contributed by atoms with E-state index in [1.807, 2.05) is 53.9 Å². The van der Waals surface area contributed by atoms with E-state index in [0.29, 0.717) is 11.7 Å². The molecule has 2 N–H and O–H groups in total. The summed E-state index contributed by atoms with van der Waals surface area (Å²) in [4.78, 5) is 16.5. The highest BCUT2D eigenvalue weighted by molar-refractivity contribution is 7.14. The van der Waals surface area contributed by atoms with Gasteiger partial charge >= 0.3 is 6.03 Å². The van der Waals surface area contributed by atoms with Gasteiger partial charge in [0.15, 0.2) is 5.13 Å². The van der Waals surface area contributed by atoms with Gasteiger partial charge in [-0.15, -0.1) is 11.3 Å². The van der Waals surface area contributed by atoms with Gasteiger partial charge in [-0.1, -0.05) is 24.3 Å². The molecule has 1 heterocycles. The van der Waals surface area contributed by atoms with Gasteiger partial charge in [0.25, 0.3) is 0 Å². The number of rotatable bonds is 6. The van der Waals surface area contributed by atoms with Crippen LogP contribution >= 0.6 is 11.3 Å². The quantitative estimate of drug-likeness (QED) is 0.685. The Morgan fingerprint density at radius 3 is 2.58 bits per heavy atom. The lowest BCUT2D eigenvalue weighted by atomic mass is 10.2. The number of methoxy groups -OCH3 is 2. The number of urea groups is 1. The minimum Gasteiger partial charge on any atom is -0.497 e. The molecule has 0 aliphatic rings. The lowest BCUT2D eigenvalue weighted by Crippen LogP contribution is -2.28. The van der Waals surface area contributed by atoms with Crippen molar-refractivity contribution in [1.29, 1.82) is 0 Å². The van der Waals surface area contributed by atoms with Gasteiger partial charge in [0.2, 0.25) is 0 Å². The minimum atomic E-state index is -0.299. The molecule has 3 rings (SSSR count). The molecule has 0 atom stereocenters. The van der Waals surface area contributed by atoms with Crippen LogP contribution in [0.3, 0.4) is 0 Å². The van der Waals surface area contributed by atoms with E-state index in [1.165, 1.54) is 11.3 Å². The number of carbonyl (C=O) groups is 1. The second kappa shape index (κ2) is 8.35. The van der Waals surface area contributed by atoms with E-state index in [-0.39, 0.29) is 6.03 Å². The Balaban J connectivity index is 1.56. The van der Waals surface area contributed by atoms with Crippen LogP contribution in [0.2, 0.25) is 0 Å². The Bertz CT molecular complexity index is 878. The molecular formula is C19H19N3O3S. The fourth-order valence-corrected chi connectivity index (χ4v) is 3.03. The van der Waals surface area contributed by atoms with E-state index in [1.54, 1.807) is 14.2 Å². The van der Waals surface area contributed by atoms with Crippen LogP contribution in [-0.4, -0.2) is 25.2 Å². The summed E-state index contributed by atoms with van der Waals surface area (Å²) in [6.07, 6.45) is 0. The molecule has 134 valence electrons. The minimum absolute atomic E-state index is 0.299.